The number of benzene rings is 1. The van der Waals surface area contributed by atoms with E-state index in [2.05, 4.69) is 10.6 Å². The van der Waals surface area contributed by atoms with Crippen LogP contribution in [0, 0.1) is 18.2 Å². The summed E-state index contributed by atoms with van der Waals surface area (Å²) in [5.41, 5.74) is 0.296. The second-order valence-electron chi connectivity index (χ2n) is 5.75. The number of urea groups is 1. The Morgan fingerprint density at radius 2 is 1.85 bits per heavy atom. The van der Waals surface area contributed by atoms with Crippen LogP contribution in [0.3, 0.4) is 0 Å². The van der Waals surface area contributed by atoms with Gasteiger partial charge in [0.1, 0.15) is 11.9 Å². The van der Waals surface area contributed by atoms with Crippen LogP contribution in [0.1, 0.15) is 26.3 Å². The van der Waals surface area contributed by atoms with Crippen molar-refractivity contribution in [3.8, 4) is 0 Å². The Kier molecular flexibility index (Phi) is 4.70. The maximum absolute atomic E-state index is 13.2. The first-order valence-corrected chi connectivity index (χ1v) is 6.17. The van der Waals surface area contributed by atoms with Gasteiger partial charge in [0.2, 0.25) is 0 Å². The Labute approximate surface area is 117 Å². The topological polar surface area (TPSA) is 78.4 Å². The van der Waals surface area contributed by atoms with Crippen molar-refractivity contribution < 1.29 is 19.1 Å². The Balaban J connectivity index is 2.78. The molecule has 0 aromatic heterocycles. The molecule has 0 fully saturated rings. The van der Waals surface area contributed by atoms with Crippen molar-refractivity contribution in [2.45, 2.75) is 33.7 Å². The average molecular weight is 282 g/mol. The Morgan fingerprint density at radius 3 is 2.30 bits per heavy atom. The summed E-state index contributed by atoms with van der Waals surface area (Å²) in [6, 6.07) is 2.36. The largest absolute Gasteiger partial charge is 0.480 e. The molecular formula is C14H19FN2O3. The lowest BCUT2D eigenvalue weighted by Gasteiger charge is -2.27. The number of carbonyl (C=O) groups is 2. The number of rotatable bonds is 3. The smallest absolute Gasteiger partial charge is 0.326 e. The molecule has 0 unspecified atom stereocenters. The van der Waals surface area contributed by atoms with Gasteiger partial charge in [-0.1, -0.05) is 20.8 Å². The summed E-state index contributed by atoms with van der Waals surface area (Å²) in [5, 5.41) is 13.9. The van der Waals surface area contributed by atoms with E-state index in [0.29, 0.717) is 5.56 Å². The van der Waals surface area contributed by atoms with Gasteiger partial charge in [0.25, 0.3) is 0 Å². The maximum Gasteiger partial charge on any atom is 0.326 e. The molecule has 3 N–H and O–H groups in total. The van der Waals surface area contributed by atoms with Gasteiger partial charge in [0.15, 0.2) is 0 Å². The molecule has 1 rings (SSSR count). The first kappa shape index (κ1) is 15.9. The number of aryl methyl sites for hydroxylation is 1. The third-order valence-corrected chi connectivity index (χ3v) is 2.69. The van der Waals surface area contributed by atoms with E-state index in [1.807, 2.05) is 0 Å². The summed E-state index contributed by atoms with van der Waals surface area (Å²) < 4.78 is 13.2. The lowest BCUT2D eigenvalue weighted by atomic mass is 9.87. The fourth-order valence-corrected chi connectivity index (χ4v) is 1.76. The summed E-state index contributed by atoms with van der Waals surface area (Å²) >= 11 is 0. The molecule has 1 aromatic carbocycles. The van der Waals surface area contributed by atoms with Gasteiger partial charge in [-0.15, -0.1) is 0 Å². The number of carbonyl (C=O) groups excluding carboxylic acids is 1. The number of carboxylic acid groups (broad SMARTS) is 1. The highest BCUT2D eigenvalue weighted by molar-refractivity contribution is 5.92. The minimum atomic E-state index is -1.12. The summed E-state index contributed by atoms with van der Waals surface area (Å²) in [7, 11) is 0. The molecule has 0 aliphatic heterocycles. The third kappa shape index (κ3) is 4.53. The number of hydrogen-bond donors (Lipinski definition) is 3. The predicted molar refractivity (Wildman–Crippen MR) is 74.2 cm³/mol. The molecule has 1 aromatic rings. The van der Waals surface area contributed by atoms with Gasteiger partial charge in [0.05, 0.1) is 0 Å². The summed E-state index contributed by atoms with van der Waals surface area (Å²) in [4.78, 5) is 22.9. The van der Waals surface area contributed by atoms with Crippen molar-refractivity contribution in [1.29, 1.82) is 0 Å². The molecule has 0 aliphatic rings. The molecule has 110 valence electrons. The Morgan fingerprint density at radius 1 is 1.25 bits per heavy atom. The van der Waals surface area contributed by atoms with Gasteiger partial charge in [0, 0.05) is 5.69 Å². The van der Waals surface area contributed by atoms with E-state index in [1.165, 1.54) is 12.1 Å². The van der Waals surface area contributed by atoms with E-state index < -0.39 is 29.3 Å². The lowest BCUT2D eigenvalue weighted by molar-refractivity contribution is -0.141. The van der Waals surface area contributed by atoms with Crippen molar-refractivity contribution in [3.63, 3.8) is 0 Å². The van der Waals surface area contributed by atoms with Crippen LogP contribution in [0.15, 0.2) is 18.2 Å². The zero-order valence-corrected chi connectivity index (χ0v) is 12.0. The van der Waals surface area contributed by atoms with Crippen LogP contribution in [0.5, 0.6) is 0 Å². The van der Waals surface area contributed by atoms with E-state index in [4.69, 9.17) is 5.11 Å². The first-order valence-electron chi connectivity index (χ1n) is 6.17. The van der Waals surface area contributed by atoms with Crippen molar-refractivity contribution in [3.05, 3.63) is 29.6 Å². The van der Waals surface area contributed by atoms with Gasteiger partial charge in [-0.3, -0.25) is 0 Å². The summed E-state index contributed by atoms with van der Waals surface area (Å²) in [6.45, 7) is 6.82. The van der Waals surface area contributed by atoms with E-state index in [-0.39, 0.29) is 5.69 Å². The van der Waals surface area contributed by atoms with Crippen molar-refractivity contribution in [2.75, 3.05) is 5.32 Å². The molecule has 0 bridgehead atoms. The number of anilines is 1. The van der Waals surface area contributed by atoms with Gasteiger partial charge in [-0.05, 0) is 36.1 Å². The zero-order valence-electron chi connectivity index (χ0n) is 12.0. The SMILES string of the molecule is Cc1cc(F)cc(NC(=O)N[C@@H](C(=O)O)C(C)(C)C)c1. The molecular weight excluding hydrogens is 263 g/mol. The number of nitrogens with one attached hydrogen (secondary N) is 2. The second kappa shape index (κ2) is 5.90. The fourth-order valence-electron chi connectivity index (χ4n) is 1.76. The van der Waals surface area contributed by atoms with Crippen LogP contribution >= 0.6 is 0 Å². The van der Waals surface area contributed by atoms with Crippen LogP contribution in [-0.4, -0.2) is 23.1 Å². The first-order chi connectivity index (χ1) is 9.09. The third-order valence-electron chi connectivity index (χ3n) is 2.69. The zero-order chi connectivity index (χ0) is 15.5. The number of carboxylic acids is 1. The number of amides is 2. The van der Waals surface area contributed by atoms with Gasteiger partial charge < -0.3 is 15.7 Å². The highest BCUT2D eigenvalue weighted by Gasteiger charge is 2.32. The highest BCUT2D eigenvalue weighted by atomic mass is 19.1. The molecule has 0 saturated heterocycles. The van der Waals surface area contributed by atoms with Crippen LogP contribution in [0.4, 0.5) is 14.9 Å². The number of hydrogen-bond acceptors (Lipinski definition) is 2. The van der Waals surface area contributed by atoms with Crippen LogP contribution in [0.25, 0.3) is 0 Å². The molecule has 0 radical (unpaired) electrons. The standard InChI is InChI=1S/C14H19FN2O3/c1-8-5-9(15)7-10(6-8)16-13(20)17-11(12(18)19)14(2,3)4/h5-7,11H,1-4H3,(H,18,19)(H2,16,17,20)/t11-/m0/s1. The molecule has 0 aliphatic carbocycles. The van der Waals surface area contributed by atoms with Gasteiger partial charge in [-0.2, -0.15) is 0 Å². The molecule has 6 heteroatoms. The van der Waals surface area contributed by atoms with Crippen molar-refractivity contribution >= 4 is 17.7 Å². The van der Waals surface area contributed by atoms with Crippen LogP contribution in [0.2, 0.25) is 0 Å². The molecule has 0 saturated carbocycles. The quantitative estimate of drug-likeness (QED) is 0.797. The monoisotopic (exact) mass is 282 g/mol. The Hall–Kier alpha value is -2.11. The molecule has 2 amide bonds. The summed E-state index contributed by atoms with van der Waals surface area (Å²) in [6.07, 6.45) is 0. The van der Waals surface area contributed by atoms with E-state index in [1.54, 1.807) is 33.8 Å². The lowest BCUT2D eigenvalue weighted by Crippen LogP contribution is -2.50. The van der Waals surface area contributed by atoms with E-state index >= 15 is 0 Å². The summed E-state index contributed by atoms with van der Waals surface area (Å²) in [5.74, 6) is -1.59. The van der Waals surface area contributed by atoms with Crippen LogP contribution < -0.4 is 10.6 Å². The number of aliphatic carboxylic acids is 1. The molecule has 5 nitrogen and oxygen atoms in total. The fraction of sp³-hybridized carbons (Fsp3) is 0.429. The van der Waals surface area contributed by atoms with Crippen LogP contribution in [-0.2, 0) is 4.79 Å². The van der Waals surface area contributed by atoms with Gasteiger partial charge >= 0.3 is 12.0 Å². The molecule has 0 spiro atoms. The number of halogens is 1. The maximum atomic E-state index is 13.2. The second-order valence-corrected chi connectivity index (χ2v) is 5.75. The predicted octanol–water partition coefficient (Wildman–Crippen LogP) is 2.75. The molecule has 20 heavy (non-hydrogen) atoms. The molecule has 0 heterocycles. The van der Waals surface area contributed by atoms with Gasteiger partial charge in [-0.25, -0.2) is 14.0 Å². The minimum Gasteiger partial charge on any atom is -0.480 e. The normalized spacial score (nSPS) is 12.7. The van der Waals surface area contributed by atoms with Crippen molar-refractivity contribution in [2.24, 2.45) is 5.41 Å². The van der Waals surface area contributed by atoms with E-state index in [9.17, 15) is 14.0 Å². The highest BCUT2D eigenvalue weighted by Crippen LogP contribution is 2.20. The average Bonchev–Trinajstić information content (AvgIpc) is 2.22. The van der Waals surface area contributed by atoms with E-state index in [0.717, 1.165) is 0 Å². The Bertz CT molecular complexity index is 503. The molecule has 1 atom stereocenters. The minimum absolute atomic E-state index is 0.276. The van der Waals surface area contributed by atoms with Crippen molar-refractivity contribution in [1.82, 2.24) is 5.32 Å².